The number of anilines is 2. The smallest absolute Gasteiger partial charge is 0.243 e. The van der Waals surface area contributed by atoms with Crippen molar-refractivity contribution in [3.63, 3.8) is 0 Å². The molecule has 0 saturated carbocycles. The zero-order valence-corrected chi connectivity index (χ0v) is 18.3. The molecule has 2 N–H and O–H groups in total. The molecular weight excluding hydrogens is 396 g/mol. The first-order chi connectivity index (χ1) is 14.6. The van der Waals surface area contributed by atoms with Gasteiger partial charge in [0.2, 0.25) is 5.91 Å². The Bertz CT molecular complexity index is 945. The summed E-state index contributed by atoms with van der Waals surface area (Å²) in [6.45, 7) is 9.11. The Hall–Kier alpha value is -2.63. The molecule has 0 bridgehead atoms. The van der Waals surface area contributed by atoms with Gasteiger partial charge in [0.25, 0.3) is 0 Å². The summed E-state index contributed by atoms with van der Waals surface area (Å²) in [6, 6.07) is 10.3. The van der Waals surface area contributed by atoms with Crippen molar-refractivity contribution in [2.24, 2.45) is 5.92 Å². The fourth-order valence-electron chi connectivity index (χ4n) is 4.31. The summed E-state index contributed by atoms with van der Waals surface area (Å²) in [7, 11) is 0. The number of piperazine rings is 1. The topological polar surface area (TPSA) is 84.3 Å². The molecule has 1 amide bonds. The average Bonchev–Trinajstić information content (AvgIpc) is 3.35. The van der Waals surface area contributed by atoms with Crippen LogP contribution in [0.2, 0.25) is 0 Å². The number of nitrogens with one attached hydrogen (secondary N) is 2. The number of carbonyl (C=O) groups is 1. The van der Waals surface area contributed by atoms with Crippen molar-refractivity contribution < 1.29 is 4.79 Å². The Morgan fingerprint density at radius 2 is 2.20 bits per heavy atom. The van der Waals surface area contributed by atoms with Gasteiger partial charge < -0.3 is 20.4 Å². The zero-order valence-electron chi connectivity index (χ0n) is 17.5. The molecule has 2 aromatic rings. The molecule has 0 unspecified atom stereocenters. The molecule has 158 valence electrons. The second-order valence-corrected chi connectivity index (χ2v) is 9.27. The third-order valence-corrected chi connectivity index (χ3v) is 6.78. The number of hydrogen-bond donors (Lipinski definition) is 2. The van der Waals surface area contributed by atoms with Crippen LogP contribution in [0, 0.1) is 24.2 Å². The van der Waals surface area contributed by atoms with Crippen LogP contribution in [0.1, 0.15) is 18.2 Å². The molecule has 8 heteroatoms. The Labute approximate surface area is 181 Å². The Morgan fingerprint density at radius 3 is 2.97 bits per heavy atom. The van der Waals surface area contributed by atoms with Gasteiger partial charge in [0.05, 0.1) is 6.07 Å². The molecule has 0 spiro atoms. The lowest BCUT2D eigenvalue weighted by Gasteiger charge is -2.29. The first-order valence-electron chi connectivity index (χ1n) is 10.5. The maximum atomic E-state index is 12.6. The predicted molar refractivity (Wildman–Crippen MR) is 121 cm³/mol. The third kappa shape index (κ3) is 4.27. The highest BCUT2D eigenvalue weighted by Gasteiger charge is 2.37. The fraction of sp³-hybridized carbons (Fsp3) is 0.500. The Balaban J connectivity index is 1.59. The van der Waals surface area contributed by atoms with Gasteiger partial charge in [0.15, 0.2) is 0 Å². The van der Waals surface area contributed by atoms with Crippen LogP contribution in [0.25, 0.3) is 10.6 Å². The van der Waals surface area contributed by atoms with Gasteiger partial charge in [-0.05, 0) is 31.4 Å². The van der Waals surface area contributed by atoms with Crippen LogP contribution in [0.4, 0.5) is 11.5 Å². The molecule has 2 aliphatic heterocycles. The molecule has 2 aliphatic rings. The number of aromatic nitrogens is 1. The first kappa shape index (κ1) is 20.6. The lowest BCUT2D eigenvalue weighted by molar-refractivity contribution is -0.122. The largest absolute Gasteiger partial charge is 0.369 e. The van der Waals surface area contributed by atoms with Crippen molar-refractivity contribution in [3.8, 4) is 16.6 Å². The van der Waals surface area contributed by atoms with E-state index in [1.165, 1.54) is 5.69 Å². The monoisotopic (exact) mass is 424 g/mol. The van der Waals surface area contributed by atoms with E-state index < -0.39 is 0 Å². The number of nitriles is 1. The van der Waals surface area contributed by atoms with E-state index >= 15 is 0 Å². The molecule has 4 rings (SSSR count). The maximum absolute atomic E-state index is 12.6. The minimum atomic E-state index is -0.269. The fourth-order valence-corrected chi connectivity index (χ4v) is 5.23. The van der Waals surface area contributed by atoms with Crippen molar-refractivity contribution in [3.05, 3.63) is 29.1 Å². The van der Waals surface area contributed by atoms with Crippen molar-refractivity contribution in [2.75, 3.05) is 49.1 Å². The van der Waals surface area contributed by atoms with Gasteiger partial charge in [-0.15, -0.1) is 11.3 Å². The SMILES string of the molecule is Cc1sc(-c2cccc(N3CCNCC3)c2)nc1N1C[C@@H](C)C[C@H]1C(=O)NCC#N. The number of carbonyl (C=O) groups excluding carboxylic acids is 1. The number of benzene rings is 1. The molecule has 7 nitrogen and oxygen atoms in total. The lowest BCUT2D eigenvalue weighted by Crippen LogP contribution is -2.43. The highest BCUT2D eigenvalue weighted by atomic mass is 32.1. The van der Waals surface area contributed by atoms with E-state index in [4.69, 9.17) is 10.2 Å². The van der Waals surface area contributed by atoms with E-state index in [1.807, 2.05) is 6.07 Å². The minimum Gasteiger partial charge on any atom is -0.369 e. The van der Waals surface area contributed by atoms with Crippen molar-refractivity contribution in [2.45, 2.75) is 26.3 Å². The molecule has 3 heterocycles. The van der Waals surface area contributed by atoms with Gasteiger partial charge in [0.1, 0.15) is 23.4 Å². The molecule has 2 atom stereocenters. The normalized spacial score (nSPS) is 21.5. The molecule has 1 aromatic carbocycles. The van der Waals surface area contributed by atoms with Crippen LogP contribution in [-0.4, -0.2) is 56.2 Å². The van der Waals surface area contributed by atoms with Crippen LogP contribution >= 0.6 is 11.3 Å². The van der Waals surface area contributed by atoms with Crippen molar-refractivity contribution in [1.82, 2.24) is 15.6 Å². The highest BCUT2D eigenvalue weighted by molar-refractivity contribution is 7.15. The number of amides is 1. The van der Waals surface area contributed by atoms with Crippen LogP contribution in [0.5, 0.6) is 0 Å². The second kappa shape index (κ2) is 9.02. The molecule has 1 aromatic heterocycles. The number of aryl methyl sites for hydroxylation is 1. The Kier molecular flexibility index (Phi) is 6.21. The van der Waals surface area contributed by atoms with Crippen LogP contribution in [0.15, 0.2) is 24.3 Å². The van der Waals surface area contributed by atoms with Gasteiger partial charge in [-0.3, -0.25) is 4.79 Å². The van der Waals surface area contributed by atoms with Crippen LogP contribution in [-0.2, 0) is 4.79 Å². The standard InChI is InChI=1S/C22H28N6OS/c1-15-12-19(21(29)25-7-6-23)28(14-15)20-16(2)30-22(26-20)17-4-3-5-18(13-17)27-10-8-24-9-11-27/h3-5,13,15,19,24H,7-12,14H2,1-2H3,(H,25,29)/t15-,19-/m0/s1. The summed E-state index contributed by atoms with van der Waals surface area (Å²) in [5.74, 6) is 1.21. The van der Waals surface area contributed by atoms with E-state index in [2.05, 4.69) is 58.5 Å². The minimum absolute atomic E-state index is 0.0393. The van der Waals surface area contributed by atoms with Crippen molar-refractivity contribution in [1.29, 1.82) is 5.26 Å². The summed E-state index contributed by atoms with van der Waals surface area (Å²) in [5, 5.41) is 15.9. The van der Waals surface area contributed by atoms with Crippen molar-refractivity contribution >= 4 is 28.7 Å². The highest BCUT2D eigenvalue weighted by Crippen LogP contribution is 2.37. The first-order valence-corrected chi connectivity index (χ1v) is 11.3. The van der Waals surface area contributed by atoms with E-state index in [0.717, 1.165) is 60.4 Å². The van der Waals surface area contributed by atoms with E-state index in [1.54, 1.807) is 11.3 Å². The number of hydrogen-bond acceptors (Lipinski definition) is 7. The summed E-state index contributed by atoms with van der Waals surface area (Å²) in [5.41, 5.74) is 2.34. The maximum Gasteiger partial charge on any atom is 0.243 e. The molecule has 0 radical (unpaired) electrons. The molecular formula is C22H28N6OS. The average molecular weight is 425 g/mol. The van der Waals surface area contributed by atoms with Crippen LogP contribution < -0.4 is 20.4 Å². The quantitative estimate of drug-likeness (QED) is 0.717. The number of rotatable bonds is 5. The number of thiazole rings is 1. The van der Waals surface area contributed by atoms with Gasteiger partial charge in [-0.2, -0.15) is 5.26 Å². The summed E-state index contributed by atoms with van der Waals surface area (Å²) < 4.78 is 0. The zero-order chi connectivity index (χ0) is 21.1. The summed E-state index contributed by atoms with van der Waals surface area (Å²) in [4.78, 5) is 23.2. The molecule has 0 aliphatic carbocycles. The van der Waals surface area contributed by atoms with Gasteiger partial charge in [-0.1, -0.05) is 19.1 Å². The van der Waals surface area contributed by atoms with Gasteiger partial charge in [0, 0.05) is 48.9 Å². The molecule has 2 fully saturated rings. The molecule has 2 saturated heterocycles. The summed E-state index contributed by atoms with van der Waals surface area (Å²) in [6.07, 6.45) is 0.780. The van der Waals surface area contributed by atoms with E-state index in [0.29, 0.717) is 5.92 Å². The molecule has 30 heavy (non-hydrogen) atoms. The van der Waals surface area contributed by atoms with E-state index in [-0.39, 0.29) is 18.5 Å². The van der Waals surface area contributed by atoms with Crippen LogP contribution in [0.3, 0.4) is 0 Å². The van der Waals surface area contributed by atoms with Gasteiger partial charge >= 0.3 is 0 Å². The Morgan fingerprint density at radius 1 is 1.40 bits per heavy atom. The van der Waals surface area contributed by atoms with E-state index in [9.17, 15) is 4.79 Å². The lowest BCUT2D eigenvalue weighted by atomic mass is 10.1. The number of nitrogens with zero attached hydrogens (tertiary/aromatic N) is 4. The third-order valence-electron chi connectivity index (χ3n) is 5.77. The van der Waals surface area contributed by atoms with Gasteiger partial charge in [-0.25, -0.2) is 4.98 Å². The predicted octanol–water partition coefficient (Wildman–Crippen LogP) is 2.38. The summed E-state index contributed by atoms with van der Waals surface area (Å²) >= 11 is 1.67. The second-order valence-electron chi connectivity index (χ2n) is 8.07.